The Morgan fingerprint density at radius 1 is 1.55 bits per heavy atom. The molecule has 0 bridgehead atoms. The first-order valence-corrected chi connectivity index (χ1v) is 7.31. The zero-order chi connectivity index (χ0) is 14.7. The van der Waals surface area contributed by atoms with E-state index >= 15 is 0 Å². The molecule has 0 saturated heterocycles. The van der Waals surface area contributed by atoms with Crippen LogP contribution in [-0.2, 0) is 17.9 Å². The average molecular weight is 340 g/mol. The highest BCUT2D eigenvalue weighted by molar-refractivity contribution is 9.10. The van der Waals surface area contributed by atoms with Crippen molar-refractivity contribution in [3.05, 3.63) is 34.3 Å². The van der Waals surface area contributed by atoms with Crippen molar-refractivity contribution in [3.63, 3.8) is 0 Å². The van der Waals surface area contributed by atoms with E-state index in [1.807, 2.05) is 37.7 Å². The number of aromatic nitrogens is 4. The predicted octanol–water partition coefficient (Wildman–Crippen LogP) is 2.05. The van der Waals surface area contributed by atoms with E-state index in [2.05, 4.69) is 31.4 Å². The summed E-state index contributed by atoms with van der Waals surface area (Å²) >= 11 is 3.38. The highest BCUT2D eigenvalue weighted by Gasteiger charge is 2.14. The smallest absolute Gasteiger partial charge is 0.242 e. The summed E-state index contributed by atoms with van der Waals surface area (Å²) in [5, 5.41) is 11.5. The molecular weight excluding hydrogens is 322 g/mol. The lowest BCUT2D eigenvalue weighted by Crippen LogP contribution is -2.31. The van der Waals surface area contributed by atoms with Gasteiger partial charge in [0, 0.05) is 12.7 Å². The van der Waals surface area contributed by atoms with Crippen molar-refractivity contribution in [2.75, 3.05) is 0 Å². The van der Waals surface area contributed by atoms with Crippen LogP contribution in [0.1, 0.15) is 31.3 Å². The Morgan fingerprint density at radius 2 is 2.30 bits per heavy atom. The van der Waals surface area contributed by atoms with Gasteiger partial charge in [-0.15, -0.1) is 0 Å². The number of rotatable bonds is 5. The van der Waals surface area contributed by atoms with Crippen molar-refractivity contribution in [3.8, 4) is 0 Å². The van der Waals surface area contributed by atoms with Gasteiger partial charge in [-0.1, -0.05) is 0 Å². The SMILES string of the molecule is CCn1ccc(C(C)NC(=O)Cn2ncc(Br)c2C)n1. The van der Waals surface area contributed by atoms with E-state index < -0.39 is 0 Å². The van der Waals surface area contributed by atoms with E-state index in [0.717, 1.165) is 22.4 Å². The van der Waals surface area contributed by atoms with Gasteiger partial charge in [0.05, 0.1) is 28.1 Å². The molecule has 1 unspecified atom stereocenters. The Balaban J connectivity index is 1.95. The van der Waals surface area contributed by atoms with Gasteiger partial charge in [0.15, 0.2) is 0 Å². The van der Waals surface area contributed by atoms with Gasteiger partial charge in [0.25, 0.3) is 0 Å². The van der Waals surface area contributed by atoms with Crippen LogP contribution in [0.4, 0.5) is 0 Å². The average Bonchev–Trinajstić information content (AvgIpc) is 3.01. The van der Waals surface area contributed by atoms with Crippen LogP contribution in [0.5, 0.6) is 0 Å². The molecule has 1 N–H and O–H groups in total. The third kappa shape index (κ3) is 3.27. The minimum absolute atomic E-state index is 0.0813. The van der Waals surface area contributed by atoms with Gasteiger partial charge in [-0.3, -0.25) is 14.2 Å². The number of carbonyl (C=O) groups is 1. The molecule has 0 aliphatic carbocycles. The molecule has 0 radical (unpaired) electrons. The van der Waals surface area contributed by atoms with Crippen LogP contribution < -0.4 is 5.32 Å². The molecular formula is C13H18BrN5O. The summed E-state index contributed by atoms with van der Waals surface area (Å²) in [6, 6.07) is 1.80. The number of halogens is 1. The van der Waals surface area contributed by atoms with E-state index in [-0.39, 0.29) is 18.5 Å². The zero-order valence-corrected chi connectivity index (χ0v) is 13.4. The highest BCUT2D eigenvalue weighted by atomic mass is 79.9. The van der Waals surface area contributed by atoms with Crippen LogP contribution in [0.3, 0.4) is 0 Å². The quantitative estimate of drug-likeness (QED) is 0.906. The summed E-state index contributed by atoms with van der Waals surface area (Å²) in [4.78, 5) is 12.0. The molecule has 0 aliphatic rings. The molecule has 2 rings (SSSR count). The van der Waals surface area contributed by atoms with Gasteiger partial charge >= 0.3 is 0 Å². The summed E-state index contributed by atoms with van der Waals surface area (Å²) in [6.07, 6.45) is 3.60. The molecule has 2 heterocycles. The molecule has 0 aliphatic heterocycles. The standard InChI is InChI=1S/C13H18BrN5O/c1-4-18-6-5-12(17-18)9(2)16-13(20)8-19-10(3)11(14)7-15-19/h5-7,9H,4,8H2,1-3H3,(H,16,20). The van der Waals surface area contributed by atoms with Crippen molar-refractivity contribution < 1.29 is 4.79 Å². The Labute approximate surface area is 126 Å². The minimum Gasteiger partial charge on any atom is -0.346 e. The van der Waals surface area contributed by atoms with Crippen molar-refractivity contribution in [1.29, 1.82) is 0 Å². The number of nitrogens with one attached hydrogen (secondary N) is 1. The first-order chi connectivity index (χ1) is 9.51. The third-order valence-corrected chi connectivity index (χ3v) is 3.92. The van der Waals surface area contributed by atoms with Gasteiger partial charge < -0.3 is 5.32 Å². The molecule has 0 fully saturated rings. The van der Waals surface area contributed by atoms with Gasteiger partial charge in [-0.05, 0) is 42.8 Å². The van der Waals surface area contributed by atoms with Crippen LogP contribution in [-0.4, -0.2) is 25.5 Å². The first kappa shape index (κ1) is 14.8. The van der Waals surface area contributed by atoms with E-state index in [9.17, 15) is 4.79 Å². The number of hydrogen-bond acceptors (Lipinski definition) is 3. The molecule has 6 nitrogen and oxygen atoms in total. The van der Waals surface area contributed by atoms with Crippen LogP contribution in [0.2, 0.25) is 0 Å². The lowest BCUT2D eigenvalue weighted by molar-refractivity contribution is -0.122. The van der Waals surface area contributed by atoms with E-state index in [0.29, 0.717) is 0 Å². The van der Waals surface area contributed by atoms with Crippen molar-refractivity contribution >= 4 is 21.8 Å². The third-order valence-electron chi connectivity index (χ3n) is 3.14. The van der Waals surface area contributed by atoms with Gasteiger partial charge in [-0.2, -0.15) is 10.2 Å². The highest BCUT2D eigenvalue weighted by Crippen LogP contribution is 2.14. The fourth-order valence-corrected chi connectivity index (χ4v) is 2.16. The minimum atomic E-state index is -0.116. The molecule has 2 aromatic rings. The van der Waals surface area contributed by atoms with Crippen molar-refractivity contribution in [2.24, 2.45) is 0 Å². The summed E-state index contributed by atoms with van der Waals surface area (Å²) in [5.41, 5.74) is 1.79. The summed E-state index contributed by atoms with van der Waals surface area (Å²) < 4.78 is 4.41. The number of hydrogen-bond donors (Lipinski definition) is 1. The lowest BCUT2D eigenvalue weighted by Gasteiger charge is -2.12. The van der Waals surface area contributed by atoms with Crippen LogP contribution in [0.25, 0.3) is 0 Å². The maximum Gasteiger partial charge on any atom is 0.242 e. The van der Waals surface area contributed by atoms with Crippen molar-refractivity contribution in [2.45, 2.75) is 39.9 Å². The Bertz CT molecular complexity index is 604. The Morgan fingerprint density at radius 3 is 2.85 bits per heavy atom. The summed E-state index contributed by atoms with van der Waals surface area (Å²) in [6.45, 7) is 6.89. The number of aryl methyl sites for hydroxylation is 1. The second-order valence-corrected chi connectivity index (χ2v) is 5.48. The van der Waals surface area contributed by atoms with Crippen molar-refractivity contribution in [1.82, 2.24) is 24.9 Å². The fourth-order valence-electron chi connectivity index (χ4n) is 1.86. The summed E-state index contributed by atoms with van der Waals surface area (Å²) in [5.74, 6) is -0.0813. The van der Waals surface area contributed by atoms with E-state index in [1.165, 1.54) is 0 Å². The Kier molecular flexibility index (Phi) is 4.59. The predicted molar refractivity (Wildman–Crippen MR) is 79.1 cm³/mol. The van der Waals surface area contributed by atoms with E-state index in [1.54, 1.807) is 10.9 Å². The second kappa shape index (κ2) is 6.21. The van der Waals surface area contributed by atoms with Crippen LogP contribution >= 0.6 is 15.9 Å². The maximum atomic E-state index is 12.0. The largest absolute Gasteiger partial charge is 0.346 e. The molecule has 2 aromatic heterocycles. The van der Waals surface area contributed by atoms with Crippen LogP contribution in [0.15, 0.2) is 22.9 Å². The monoisotopic (exact) mass is 339 g/mol. The molecule has 1 amide bonds. The summed E-state index contributed by atoms with van der Waals surface area (Å²) in [7, 11) is 0. The maximum absolute atomic E-state index is 12.0. The molecule has 0 aromatic carbocycles. The second-order valence-electron chi connectivity index (χ2n) is 4.62. The number of nitrogens with zero attached hydrogens (tertiary/aromatic N) is 4. The fraction of sp³-hybridized carbons (Fsp3) is 0.462. The van der Waals surface area contributed by atoms with Crippen LogP contribution in [0, 0.1) is 6.92 Å². The van der Waals surface area contributed by atoms with E-state index in [4.69, 9.17) is 0 Å². The molecule has 20 heavy (non-hydrogen) atoms. The first-order valence-electron chi connectivity index (χ1n) is 6.52. The van der Waals surface area contributed by atoms with Gasteiger partial charge in [0.1, 0.15) is 6.54 Å². The van der Waals surface area contributed by atoms with Gasteiger partial charge in [-0.25, -0.2) is 0 Å². The number of carbonyl (C=O) groups excluding carboxylic acids is 1. The molecule has 1 atom stereocenters. The number of amides is 1. The molecule has 0 spiro atoms. The lowest BCUT2D eigenvalue weighted by atomic mass is 10.2. The molecule has 0 saturated carbocycles. The molecule has 7 heteroatoms. The normalized spacial score (nSPS) is 12.4. The molecule has 108 valence electrons. The van der Waals surface area contributed by atoms with Gasteiger partial charge in [0.2, 0.25) is 5.91 Å². The Hall–Kier alpha value is -1.63. The topological polar surface area (TPSA) is 64.7 Å². The zero-order valence-electron chi connectivity index (χ0n) is 11.8.